The van der Waals surface area contributed by atoms with Gasteiger partial charge in [-0.05, 0) is 32.6 Å². The molecule has 0 aromatic heterocycles. The molecule has 2 fully saturated rings. The summed E-state index contributed by atoms with van der Waals surface area (Å²) in [6.45, 7) is 8.42. The third kappa shape index (κ3) is 3.76. The van der Waals surface area contributed by atoms with E-state index in [2.05, 4.69) is 29.4 Å². The summed E-state index contributed by atoms with van der Waals surface area (Å²) in [5, 5.41) is 6.13. The second kappa shape index (κ2) is 6.77. The average molecular weight is 295 g/mol. The summed E-state index contributed by atoms with van der Waals surface area (Å²) >= 11 is 0. The molecule has 2 amide bonds. The molecule has 0 aromatic carbocycles. The van der Waals surface area contributed by atoms with Gasteiger partial charge in [0.05, 0.1) is 12.6 Å². The van der Waals surface area contributed by atoms with Crippen molar-refractivity contribution in [3.05, 3.63) is 0 Å². The largest absolute Gasteiger partial charge is 0.353 e. The minimum Gasteiger partial charge on any atom is -0.353 e. The molecule has 3 atom stereocenters. The molecule has 0 spiro atoms. The number of nitrogens with one attached hydrogen (secondary N) is 2. The highest BCUT2D eigenvalue weighted by Gasteiger charge is 2.42. The number of hydrogen-bond acceptors (Lipinski definition) is 3. The second-order valence-electron chi connectivity index (χ2n) is 7.05. The van der Waals surface area contributed by atoms with Gasteiger partial charge in [-0.15, -0.1) is 0 Å². The van der Waals surface area contributed by atoms with Gasteiger partial charge in [-0.25, -0.2) is 0 Å². The summed E-state index contributed by atoms with van der Waals surface area (Å²) in [4.78, 5) is 26.8. The van der Waals surface area contributed by atoms with E-state index in [4.69, 9.17) is 0 Å². The van der Waals surface area contributed by atoms with Gasteiger partial charge in [-0.3, -0.25) is 14.5 Å². The molecule has 120 valence electrons. The van der Waals surface area contributed by atoms with Gasteiger partial charge in [0.1, 0.15) is 0 Å². The van der Waals surface area contributed by atoms with Crippen molar-refractivity contribution in [2.24, 2.45) is 5.92 Å². The van der Waals surface area contributed by atoms with Gasteiger partial charge >= 0.3 is 0 Å². The van der Waals surface area contributed by atoms with Crippen molar-refractivity contribution in [2.75, 3.05) is 6.54 Å². The van der Waals surface area contributed by atoms with E-state index >= 15 is 0 Å². The smallest absolute Gasteiger partial charge is 0.237 e. The fourth-order valence-corrected chi connectivity index (χ4v) is 3.72. The van der Waals surface area contributed by atoms with E-state index in [0.717, 1.165) is 12.8 Å². The third-order valence-electron chi connectivity index (χ3n) is 4.52. The lowest BCUT2D eigenvalue weighted by Gasteiger charge is -2.47. The summed E-state index contributed by atoms with van der Waals surface area (Å²) in [6, 6.07) is 0.429. The van der Waals surface area contributed by atoms with Crippen LogP contribution in [-0.4, -0.2) is 47.4 Å². The Balaban J connectivity index is 2.20. The van der Waals surface area contributed by atoms with Crippen LogP contribution in [-0.2, 0) is 9.59 Å². The summed E-state index contributed by atoms with van der Waals surface area (Å²) < 4.78 is 0. The van der Waals surface area contributed by atoms with Crippen LogP contribution in [0.25, 0.3) is 0 Å². The van der Waals surface area contributed by atoms with Crippen molar-refractivity contribution in [3.63, 3.8) is 0 Å². The summed E-state index contributed by atoms with van der Waals surface area (Å²) in [6.07, 6.45) is 4.45. The van der Waals surface area contributed by atoms with Gasteiger partial charge in [0.2, 0.25) is 11.8 Å². The lowest BCUT2D eigenvalue weighted by molar-refractivity contribution is -0.138. The maximum atomic E-state index is 12.6. The number of rotatable bonds is 4. The Kier molecular flexibility index (Phi) is 5.25. The van der Waals surface area contributed by atoms with Gasteiger partial charge in [0.15, 0.2) is 0 Å². The molecule has 1 saturated carbocycles. The molecule has 5 nitrogen and oxygen atoms in total. The predicted molar refractivity (Wildman–Crippen MR) is 82.8 cm³/mol. The normalized spacial score (nSPS) is 28.2. The number of hydrogen-bond donors (Lipinski definition) is 2. The monoisotopic (exact) mass is 295 g/mol. The first-order valence-corrected chi connectivity index (χ1v) is 8.25. The number of carbonyl (C=O) groups is 2. The van der Waals surface area contributed by atoms with Crippen molar-refractivity contribution in [1.82, 2.24) is 15.5 Å². The van der Waals surface area contributed by atoms with Gasteiger partial charge in [-0.2, -0.15) is 0 Å². The van der Waals surface area contributed by atoms with Crippen molar-refractivity contribution >= 4 is 11.8 Å². The van der Waals surface area contributed by atoms with Crippen LogP contribution in [0.3, 0.4) is 0 Å². The topological polar surface area (TPSA) is 61.4 Å². The van der Waals surface area contributed by atoms with Gasteiger partial charge in [0.25, 0.3) is 0 Å². The molecule has 1 aliphatic heterocycles. The van der Waals surface area contributed by atoms with Gasteiger partial charge < -0.3 is 10.6 Å². The molecule has 3 unspecified atom stereocenters. The van der Waals surface area contributed by atoms with E-state index in [-0.39, 0.29) is 35.9 Å². The van der Waals surface area contributed by atoms with Crippen LogP contribution < -0.4 is 10.6 Å². The van der Waals surface area contributed by atoms with Crippen LogP contribution in [0.2, 0.25) is 0 Å². The number of carbonyl (C=O) groups excluding carboxylic acids is 2. The number of amides is 2. The molecule has 1 heterocycles. The zero-order valence-corrected chi connectivity index (χ0v) is 13.7. The van der Waals surface area contributed by atoms with E-state index < -0.39 is 0 Å². The minimum absolute atomic E-state index is 0.0547. The Morgan fingerprint density at radius 3 is 2.52 bits per heavy atom. The van der Waals surface area contributed by atoms with Crippen LogP contribution in [0, 0.1) is 5.92 Å². The summed E-state index contributed by atoms with van der Waals surface area (Å²) in [7, 11) is 0. The second-order valence-corrected chi connectivity index (χ2v) is 7.05. The maximum Gasteiger partial charge on any atom is 0.237 e. The third-order valence-corrected chi connectivity index (χ3v) is 4.52. The van der Waals surface area contributed by atoms with E-state index in [1.165, 1.54) is 12.8 Å². The molecule has 0 radical (unpaired) electrons. The van der Waals surface area contributed by atoms with Crippen molar-refractivity contribution < 1.29 is 9.59 Å². The highest BCUT2D eigenvalue weighted by Crippen LogP contribution is 2.29. The summed E-state index contributed by atoms with van der Waals surface area (Å²) in [5.74, 6) is 0.303. The molecular weight excluding hydrogens is 266 g/mol. The molecule has 2 aliphatic rings. The van der Waals surface area contributed by atoms with Crippen LogP contribution in [0.15, 0.2) is 0 Å². The first kappa shape index (κ1) is 16.3. The van der Waals surface area contributed by atoms with Gasteiger partial charge in [-0.1, -0.05) is 26.7 Å². The first-order chi connectivity index (χ1) is 9.90. The fraction of sp³-hybridized carbons (Fsp3) is 0.875. The Morgan fingerprint density at radius 2 is 1.90 bits per heavy atom. The maximum absolute atomic E-state index is 12.6. The lowest BCUT2D eigenvalue weighted by atomic mass is 9.85. The molecule has 2 rings (SSSR count). The standard InChI is InChI=1S/C16H29N3O2/c1-10(2)15(16(21)17-11(3)4)19-9-14(20)18-12-7-5-6-8-13(12)19/h10-13,15H,5-9H2,1-4H3,(H,17,21)(H,18,20). The highest BCUT2D eigenvalue weighted by atomic mass is 16.2. The molecule has 1 aliphatic carbocycles. The molecule has 5 heteroatoms. The fourth-order valence-electron chi connectivity index (χ4n) is 3.72. The molecule has 2 N–H and O–H groups in total. The number of fused-ring (bicyclic) bond motifs is 1. The lowest BCUT2D eigenvalue weighted by Crippen LogP contribution is -2.67. The SMILES string of the molecule is CC(C)NC(=O)C(C(C)C)N1CC(=O)NC2CCCCC21. The van der Waals surface area contributed by atoms with E-state index in [1.807, 2.05) is 13.8 Å². The minimum atomic E-state index is -0.218. The van der Waals surface area contributed by atoms with Crippen LogP contribution in [0.4, 0.5) is 0 Å². The van der Waals surface area contributed by atoms with E-state index in [0.29, 0.717) is 12.6 Å². The Morgan fingerprint density at radius 1 is 1.24 bits per heavy atom. The zero-order valence-electron chi connectivity index (χ0n) is 13.7. The van der Waals surface area contributed by atoms with Crippen LogP contribution in [0.1, 0.15) is 53.4 Å². The molecular formula is C16H29N3O2. The van der Waals surface area contributed by atoms with E-state index in [1.54, 1.807) is 0 Å². The van der Waals surface area contributed by atoms with E-state index in [9.17, 15) is 9.59 Å². The number of piperazine rings is 1. The Labute approximate surface area is 127 Å². The molecule has 0 aromatic rings. The van der Waals surface area contributed by atoms with Crippen LogP contribution >= 0.6 is 0 Å². The average Bonchev–Trinajstić information content (AvgIpc) is 2.37. The first-order valence-electron chi connectivity index (χ1n) is 8.25. The Hall–Kier alpha value is -1.10. The van der Waals surface area contributed by atoms with Crippen molar-refractivity contribution in [2.45, 2.75) is 77.5 Å². The van der Waals surface area contributed by atoms with Crippen LogP contribution in [0.5, 0.6) is 0 Å². The zero-order chi connectivity index (χ0) is 15.6. The summed E-state index contributed by atoms with van der Waals surface area (Å²) in [5.41, 5.74) is 0. The Bertz CT molecular complexity index is 395. The van der Waals surface area contributed by atoms with Crippen molar-refractivity contribution in [3.8, 4) is 0 Å². The van der Waals surface area contributed by atoms with Gasteiger partial charge in [0, 0.05) is 18.1 Å². The predicted octanol–water partition coefficient (Wildman–Crippen LogP) is 1.28. The number of nitrogens with zero attached hydrogens (tertiary/aromatic N) is 1. The van der Waals surface area contributed by atoms with Crippen molar-refractivity contribution in [1.29, 1.82) is 0 Å². The molecule has 1 saturated heterocycles. The quantitative estimate of drug-likeness (QED) is 0.821. The molecule has 0 bridgehead atoms. The highest BCUT2D eigenvalue weighted by molar-refractivity contribution is 5.85. The molecule has 21 heavy (non-hydrogen) atoms.